The van der Waals surface area contributed by atoms with Crippen molar-refractivity contribution < 1.29 is 33.4 Å². The van der Waals surface area contributed by atoms with Gasteiger partial charge in [0.1, 0.15) is 12.3 Å². The van der Waals surface area contributed by atoms with E-state index in [4.69, 9.17) is 14.2 Å². The van der Waals surface area contributed by atoms with Gasteiger partial charge in [-0.2, -0.15) is 0 Å². The molecule has 0 atom stereocenters. The number of carbonyl (C=O) groups is 4. The molecule has 0 aromatic heterocycles. The molecule has 10 nitrogen and oxygen atoms in total. The zero-order valence-corrected chi connectivity index (χ0v) is 23.6. The minimum absolute atomic E-state index is 0.161. The average molecular weight is 576 g/mol. The Morgan fingerprint density at radius 1 is 0.878 bits per heavy atom. The molecule has 1 fully saturated rings. The van der Waals surface area contributed by atoms with Gasteiger partial charge in [-0.05, 0) is 73.1 Å². The number of methoxy groups -OCH3 is 1. The van der Waals surface area contributed by atoms with Gasteiger partial charge in [0.2, 0.25) is 5.91 Å². The fourth-order valence-corrected chi connectivity index (χ4v) is 4.75. The summed E-state index contributed by atoms with van der Waals surface area (Å²) in [6, 6.07) is 19.2. The Labute approximate surface area is 241 Å². The summed E-state index contributed by atoms with van der Waals surface area (Å²) in [4.78, 5) is 51.6. The molecule has 3 aromatic carbocycles. The second-order valence-corrected chi connectivity index (χ2v) is 9.80. The van der Waals surface area contributed by atoms with Gasteiger partial charge < -0.3 is 24.8 Å². The average Bonchev–Trinajstić information content (AvgIpc) is 3.21. The quantitative estimate of drug-likeness (QED) is 0.303. The standard InChI is InChI=1S/C30H29N3O7S/c1-4-39-25-15-20(13-14-24(25)40-18-28(35)31-21-10-6-5-9-19(21)2)16-26-29(36)33(30(37)41-26)17-27(34)32-22-11-7-8-12-23(22)38-3/h5-16H,4,17-18H2,1-3H3,(H,31,35)(H,32,34)/b26-16-. The first kappa shape index (κ1) is 29.2. The van der Waals surface area contributed by atoms with E-state index in [1.165, 1.54) is 7.11 Å². The van der Waals surface area contributed by atoms with Crippen LogP contribution < -0.4 is 24.8 Å². The molecule has 2 N–H and O–H groups in total. The lowest BCUT2D eigenvalue weighted by Crippen LogP contribution is -2.36. The van der Waals surface area contributed by atoms with Gasteiger partial charge in [0.25, 0.3) is 17.1 Å². The van der Waals surface area contributed by atoms with Gasteiger partial charge in [-0.25, -0.2) is 0 Å². The first-order valence-electron chi connectivity index (χ1n) is 12.7. The number of para-hydroxylation sites is 3. The number of hydrogen-bond donors (Lipinski definition) is 2. The molecule has 11 heteroatoms. The Bertz CT molecular complexity index is 1500. The zero-order chi connectivity index (χ0) is 29.4. The van der Waals surface area contributed by atoms with Gasteiger partial charge in [-0.1, -0.05) is 36.4 Å². The van der Waals surface area contributed by atoms with Crippen molar-refractivity contribution in [1.82, 2.24) is 4.90 Å². The van der Waals surface area contributed by atoms with Crippen molar-refractivity contribution in [2.45, 2.75) is 13.8 Å². The molecule has 0 unspecified atom stereocenters. The number of imide groups is 1. The van der Waals surface area contributed by atoms with Crippen LogP contribution in [0.1, 0.15) is 18.1 Å². The topological polar surface area (TPSA) is 123 Å². The largest absolute Gasteiger partial charge is 0.495 e. The van der Waals surface area contributed by atoms with Crippen LogP contribution in [0.4, 0.5) is 16.2 Å². The number of ether oxygens (including phenoxy) is 3. The molecule has 1 aliphatic rings. The van der Waals surface area contributed by atoms with Gasteiger partial charge in [0.15, 0.2) is 18.1 Å². The third kappa shape index (κ3) is 7.46. The fraction of sp³-hybridized carbons (Fsp3) is 0.200. The van der Waals surface area contributed by atoms with E-state index in [1.54, 1.807) is 48.5 Å². The molecule has 0 radical (unpaired) electrons. The highest BCUT2D eigenvalue weighted by molar-refractivity contribution is 8.18. The number of nitrogens with zero attached hydrogens (tertiary/aromatic N) is 1. The number of rotatable bonds is 11. The van der Waals surface area contributed by atoms with Crippen molar-refractivity contribution in [2.24, 2.45) is 0 Å². The number of benzene rings is 3. The smallest absolute Gasteiger partial charge is 0.294 e. The molecule has 4 amide bonds. The summed E-state index contributed by atoms with van der Waals surface area (Å²) in [6.07, 6.45) is 1.54. The molecule has 0 bridgehead atoms. The van der Waals surface area contributed by atoms with Crippen LogP contribution in [0.5, 0.6) is 17.2 Å². The van der Waals surface area contributed by atoms with Crippen LogP contribution in [0.3, 0.4) is 0 Å². The highest BCUT2D eigenvalue weighted by Crippen LogP contribution is 2.35. The summed E-state index contributed by atoms with van der Waals surface area (Å²) in [7, 11) is 1.48. The molecule has 0 aliphatic carbocycles. The van der Waals surface area contributed by atoms with Crippen LogP contribution in [0.25, 0.3) is 6.08 Å². The first-order valence-corrected chi connectivity index (χ1v) is 13.5. The molecule has 0 saturated carbocycles. The van der Waals surface area contributed by atoms with E-state index >= 15 is 0 Å². The van der Waals surface area contributed by atoms with Crippen molar-refractivity contribution in [2.75, 3.05) is 37.5 Å². The van der Waals surface area contributed by atoms with Crippen LogP contribution in [0, 0.1) is 6.92 Å². The first-order chi connectivity index (χ1) is 19.8. The Morgan fingerprint density at radius 2 is 1.59 bits per heavy atom. The van der Waals surface area contributed by atoms with E-state index in [0.29, 0.717) is 40.8 Å². The van der Waals surface area contributed by atoms with Crippen molar-refractivity contribution in [3.8, 4) is 17.2 Å². The predicted molar refractivity (Wildman–Crippen MR) is 157 cm³/mol. The Hall–Kier alpha value is -4.77. The second-order valence-electron chi connectivity index (χ2n) is 8.81. The molecule has 1 aliphatic heterocycles. The minimum Gasteiger partial charge on any atom is -0.495 e. The van der Waals surface area contributed by atoms with E-state index in [9.17, 15) is 19.2 Å². The minimum atomic E-state index is -0.582. The van der Waals surface area contributed by atoms with E-state index in [0.717, 1.165) is 22.2 Å². The number of thioether (sulfide) groups is 1. The Kier molecular flexibility index (Phi) is 9.64. The van der Waals surface area contributed by atoms with E-state index in [2.05, 4.69) is 10.6 Å². The number of amides is 4. The summed E-state index contributed by atoms with van der Waals surface area (Å²) in [5.41, 5.74) is 2.64. The highest BCUT2D eigenvalue weighted by atomic mass is 32.2. The lowest BCUT2D eigenvalue weighted by Gasteiger charge is -2.14. The van der Waals surface area contributed by atoms with Crippen LogP contribution in [0.15, 0.2) is 71.6 Å². The van der Waals surface area contributed by atoms with E-state index in [1.807, 2.05) is 38.1 Å². The molecule has 212 valence electrons. The maximum atomic E-state index is 13.0. The molecular weight excluding hydrogens is 546 g/mol. The van der Waals surface area contributed by atoms with Gasteiger partial charge in [0.05, 0.1) is 24.3 Å². The molecule has 1 heterocycles. The summed E-state index contributed by atoms with van der Waals surface area (Å²) in [5, 5.41) is 4.92. The highest BCUT2D eigenvalue weighted by Gasteiger charge is 2.36. The van der Waals surface area contributed by atoms with Crippen LogP contribution in [-0.4, -0.2) is 54.7 Å². The molecular formula is C30H29N3O7S. The molecule has 41 heavy (non-hydrogen) atoms. The Morgan fingerprint density at radius 3 is 2.32 bits per heavy atom. The summed E-state index contributed by atoms with van der Waals surface area (Å²) in [6.45, 7) is 3.37. The van der Waals surface area contributed by atoms with Crippen molar-refractivity contribution in [1.29, 1.82) is 0 Å². The summed E-state index contributed by atoms with van der Waals surface area (Å²) >= 11 is 0.741. The maximum Gasteiger partial charge on any atom is 0.294 e. The van der Waals surface area contributed by atoms with Gasteiger partial charge in [-0.3, -0.25) is 24.1 Å². The summed E-state index contributed by atoms with van der Waals surface area (Å²) in [5.74, 6) is -0.259. The normalized spacial score (nSPS) is 13.7. The SMILES string of the molecule is CCOc1cc(/C=C2\SC(=O)N(CC(=O)Nc3ccccc3OC)C2=O)ccc1OCC(=O)Nc1ccccc1C. The second kappa shape index (κ2) is 13.5. The van der Waals surface area contributed by atoms with E-state index in [-0.39, 0.29) is 17.4 Å². The van der Waals surface area contributed by atoms with Crippen LogP contribution in [-0.2, 0) is 14.4 Å². The van der Waals surface area contributed by atoms with Gasteiger partial charge in [-0.15, -0.1) is 0 Å². The van der Waals surface area contributed by atoms with Crippen LogP contribution in [0.2, 0.25) is 0 Å². The lowest BCUT2D eigenvalue weighted by molar-refractivity contribution is -0.127. The third-order valence-electron chi connectivity index (χ3n) is 5.90. The molecule has 1 saturated heterocycles. The zero-order valence-electron chi connectivity index (χ0n) is 22.8. The van der Waals surface area contributed by atoms with E-state index < -0.39 is 23.6 Å². The number of hydrogen-bond acceptors (Lipinski definition) is 8. The van der Waals surface area contributed by atoms with Crippen molar-refractivity contribution in [3.63, 3.8) is 0 Å². The maximum absolute atomic E-state index is 13.0. The van der Waals surface area contributed by atoms with Gasteiger partial charge in [0, 0.05) is 5.69 Å². The fourth-order valence-electron chi connectivity index (χ4n) is 3.91. The number of anilines is 2. The van der Waals surface area contributed by atoms with Crippen molar-refractivity contribution >= 4 is 52.2 Å². The van der Waals surface area contributed by atoms with Crippen molar-refractivity contribution in [3.05, 3.63) is 82.8 Å². The monoisotopic (exact) mass is 575 g/mol. The van der Waals surface area contributed by atoms with Crippen LogP contribution >= 0.6 is 11.8 Å². The molecule has 0 spiro atoms. The third-order valence-corrected chi connectivity index (χ3v) is 6.81. The predicted octanol–water partition coefficient (Wildman–Crippen LogP) is 5.09. The van der Waals surface area contributed by atoms with Gasteiger partial charge >= 0.3 is 0 Å². The number of carbonyl (C=O) groups excluding carboxylic acids is 4. The molecule has 4 rings (SSSR count). The summed E-state index contributed by atoms with van der Waals surface area (Å²) < 4.78 is 16.6. The Balaban J connectivity index is 1.41. The molecule has 3 aromatic rings. The lowest BCUT2D eigenvalue weighted by atomic mass is 10.2. The number of aryl methyl sites for hydroxylation is 1. The number of nitrogens with one attached hydrogen (secondary N) is 2.